The van der Waals surface area contributed by atoms with Crippen molar-refractivity contribution in [1.82, 2.24) is 5.43 Å². The highest BCUT2D eigenvalue weighted by Gasteiger charge is 2.13. The van der Waals surface area contributed by atoms with Gasteiger partial charge in [0, 0.05) is 5.56 Å². The lowest BCUT2D eigenvalue weighted by Gasteiger charge is -2.19. The Bertz CT molecular complexity index is 965. The molecule has 0 atom stereocenters. The van der Waals surface area contributed by atoms with Crippen molar-refractivity contribution in [2.24, 2.45) is 5.10 Å². The molecule has 0 saturated carbocycles. The van der Waals surface area contributed by atoms with Crippen LogP contribution in [0.25, 0.3) is 11.3 Å². The van der Waals surface area contributed by atoms with Crippen molar-refractivity contribution in [3.05, 3.63) is 83.4 Å². The SMILES string of the molecule is CC(C)(C)c1ccc(CC(=O)N/N=C\c2ccc(-c3ccc(F)cc3)o2)cc1. The Balaban J connectivity index is 1.54. The van der Waals surface area contributed by atoms with Gasteiger partial charge in [0.05, 0.1) is 12.6 Å². The van der Waals surface area contributed by atoms with Gasteiger partial charge in [-0.3, -0.25) is 4.79 Å². The second-order valence-corrected chi connectivity index (χ2v) is 7.63. The number of benzene rings is 2. The van der Waals surface area contributed by atoms with Crippen LogP contribution in [0, 0.1) is 5.82 Å². The number of rotatable bonds is 5. The third-order valence-corrected chi connectivity index (χ3v) is 4.32. The van der Waals surface area contributed by atoms with Crippen molar-refractivity contribution < 1.29 is 13.6 Å². The fraction of sp³-hybridized carbons (Fsp3) is 0.217. The van der Waals surface area contributed by atoms with Gasteiger partial charge in [0.2, 0.25) is 5.91 Å². The lowest BCUT2D eigenvalue weighted by molar-refractivity contribution is -0.120. The molecule has 2 aromatic carbocycles. The maximum absolute atomic E-state index is 13.0. The summed E-state index contributed by atoms with van der Waals surface area (Å²) in [4.78, 5) is 12.1. The standard InChI is InChI=1S/C23H23FN2O2/c1-23(2,3)18-8-4-16(5-9-18)14-22(27)26-25-15-20-12-13-21(28-20)17-6-10-19(24)11-7-17/h4-13,15H,14H2,1-3H3,(H,26,27)/b25-15-. The molecule has 0 radical (unpaired) electrons. The molecule has 0 unspecified atom stereocenters. The number of carbonyl (C=O) groups excluding carboxylic acids is 1. The summed E-state index contributed by atoms with van der Waals surface area (Å²) in [5.74, 6) is 0.596. The highest BCUT2D eigenvalue weighted by molar-refractivity contribution is 5.82. The van der Waals surface area contributed by atoms with Gasteiger partial charge in [0.1, 0.15) is 17.3 Å². The topological polar surface area (TPSA) is 54.6 Å². The van der Waals surface area contributed by atoms with Gasteiger partial charge in [-0.1, -0.05) is 45.0 Å². The zero-order valence-electron chi connectivity index (χ0n) is 16.2. The first kappa shape index (κ1) is 19.5. The molecule has 0 spiro atoms. The van der Waals surface area contributed by atoms with Gasteiger partial charge in [0.15, 0.2) is 0 Å². The molecule has 0 saturated heterocycles. The van der Waals surface area contributed by atoms with E-state index >= 15 is 0 Å². The second kappa shape index (κ2) is 8.21. The van der Waals surface area contributed by atoms with Gasteiger partial charge in [-0.25, -0.2) is 9.82 Å². The first-order valence-electron chi connectivity index (χ1n) is 9.08. The van der Waals surface area contributed by atoms with Crippen molar-refractivity contribution in [3.8, 4) is 11.3 Å². The third kappa shape index (κ3) is 5.16. The number of nitrogens with one attached hydrogen (secondary N) is 1. The number of hydrogen-bond acceptors (Lipinski definition) is 3. The number of furan rings is 1. The van der Waals surface area contributed by atoms with Crippen LogP contribution in [0.15, 0.2) is 70.2 Å². The third-order valence-electron chi connectivity index (χ3n) is 4.32. The van der Waals surface area contributed by atoms with E-state index in [2.05, 4.69) is 31.3 Å². The van der Waals surface area contributed by atoms with E-state index < -0.39 is 0 Å². The molecule has 0 aliphatic heterocycles. The predicted molar refractivity (Wildman–Crippen MR) is 109 cm³/mol. The zero-order chi connectivity index (χ0) is 20.1. The Morgan fingerprint density at radius 3 is 2.36 bits per heavy atom. The van der Waals surface area contributed by atoms with Gasteiger partial charge in [-0.05, 0) is 52.9 Å². The monoisotopic (exact) mass is 378 g/mol. The molecule has 0 aliphatic rings. The Hall–Kier alpha value is -3.21. The van der Waals surface area contributed by atoms with E-state index in [0.717, 1.165) is 11.1 Å². The van der Waals surface area contributed by atoms with Gasteiger partial charge in [-0.2, -0.15) is 5.10 Å². The molecular formula is C23H23FN2O2. The normalized spacial score (nSPS) is 11.7. The van der Waals surface area contributed by atoms with Gasteiger partial charge in [0.25, 0.3) is 0 Å². The summed E-state index contributed by atoms with van der Waals surface area (Å²) in [6.07, 6.45) is 1.69. The molecule has 0 bridgehead atoms. The van der Waals surface area contributed by atoms with Crippen molar-refractivity contribution in [2.75, 3.05) is 0 Å². The Labute approximate surface area is 164 Å². The van der Waals surface area contributed by atoms with Crippen LogP contribution in [0.5, 0.6) is 0 Å². The average Bonchev–Trinajstić information content (AvgIpc) is 3.11. The fourth-order valence-corrected chi connectivity index (χ4v) is 2.71. The molecule has 0 aliphatic carbocycles. The number of carbonyl (C=O) groups is 1. The van der Waals surface area contributed by atoms with E-state index in [9.17, 15) is 9.18 Å². The number of hydrogen-bond donors (Lipinski definition) is 1. The number of nitrogens with zero attached hydrogens (tertiary/aromatic N) is 1. The first-order valence-corrected chi connectivity index (χ1v) is 9.08. The molecule has 0 fully saturated rings. The highest BCUT2D eigenvalue weighted by Crippen LogP contribution is 2.23. The minimum Gasteiger partial charge on any atom is -0.455 e. The molecule has 5 heteroatoms. The average molecular weight is 378 g/mol. The molecule has 1 heterocycles. The van der Waals surface area contributed by atoms with Gasteiger partial charge in [-0.15, -0.1) is 0 Å². The number of halogens is 1. The molecule has 1 amide bonds. The molecule has 1 N–H and O–H groups in total. The van der Waals surface area contributed by atoms with E-state index in [-0.39, 0.29) is 23.6 Å². The van der Waals surface area contributed by atoms with Crippen LogP contribution in [0.4, 0.5) is 4.39 Å². The summed E-state index contributed by atoms with van der Waals surface area (Å²) in [7, 11) is 0. The van der Waals surface area contributed by atoms with E-state index in [1.807, 2.05) is 24.3 Å². The summed E-state index contributed by atoms with van der Waals surface area (Å²) in [6, 6.07) is 17.6. The molecule has 4 nitrogen and oxygen atoms in total. The molecule has 144 valence electrons. The zero-order valence-corrected chi connectivity index (χ0v) is 16.2. The minimum absolute atomic E-state index is 0.0842. The van der Waals surface area contributed by atoms with E-state index in [4.69, 9.17) is 4.42 Å². The van der Waals surface area contributed by atoms with Crippen LogP contribution < -0.4 is 5.43 Å². The van der Waals surface area contributed by atoms with Gasteiger partial charge >= 0.3 is 0 Å². The summed E-state index contributed by atoms with van der Waals surface area (Å²) in [6.45, 7) is 6.46. The Kier molecular flexibility index (Phi) is 5.73. The summed E-state index contributed by atoms with van der Waals surface area (Å²) in [5.41, 5.74) is 5.51. The summed E-state index contributed by atoms with van der Waals surface area (Å²) >= 11 is 0. The molecule has 3 aromatic rings. The van der Waals surface area contributed by atoms with Crippen LogP contribution in [-0.2, 0) is 16.6 Å². The van der Waals surface area contributed by atoms with Gasteiger partial charge < -0.3 is 4.42 Å². The largest absolute Gasteiger partial charge is 0.455 e. The van der Waals surface area contributed by atoms with Crippen LogP contribution in [0.1, 0.15) is 37.7 Å². The number of amides is 1. The van der Waals surface area contributed by atoms with Crippen molar-refractivity contribution in [2.45, 2.75) is 32.6 Å². The lowest BCUT2D eigenvalue weighted by Crippen LogP contribution is -2.20. The van der Waals surface area contributed by atoms with Crippen LogP contribution in [0.2, 0.25) is 0 Å². The minimum atomic E-state index is -0.298. The Morgan fingerprint density at radius 1 is 1.04 bits per heavy atom. The van der Waals surface area contributed by atoms with E-state index in [0.29, 0.717) is 11.5 Å². The van der Waals surface area contributed by atoms with Crippen LogP contribution in [-0.4, -0.2) is 12.1 Å². The molecular weight excluding hydrogens is 355 g/mol. The maximum atomic E-state index is 13.0. The molecule has 28 heavy (non-hydrogen) atoms. The predicted octanol–water partition coefficient (Wildman–Crippen LogP) is 5.08. The van der Waals surface area contributed by atoms with Crippen LogP contribution >= 0.6 is 0 Å². The smallest absolute Gasteiger partial charge is 0.244 e. The Morgan fingerprint density at radius 2 is 1.71 bits per heavy atom. The summed E-state index contributed by atoms with van der Waals surface area (Å²) in [5, 5.41) is 3.94. The quantitative estimate of drug-likeness (QED) is 0.497. The van der Waals surface area contributed by atoms with Crippen molar-refractivity contribution in [1.29, 1.82) is 0 Å². The fourth-order valence-electron chi connectivity index (χ4n) is 2.71. The highest BCUT2D eigenvalue weighted by atomic mass is 19.1. The van der Waals surface area contributed by atoms with Crippen molar-refractivity contribution >= 4 is 12.1 Å². The summed E-state index contributed by atoms with van der Waals surface area (Å²) < 4.78 is 18.6. The number of hydrazone groups is 1. The lowest BCUT2D eigenvalue weighted by atomic mass is 9.86. The van der Waals surface area contributed by atoms with E-state index in [1.165, 1.54) is 23.9 Å². The van der Waals surface area contributed by atoms with E-state index in [1.54, 1.807) is 24.3 Å². The molecule has 1 aromatic heterocycles. The second-order valence-electron chi connectivity index (χ2n) is 7.63. The maximum Gasteiger partial charge on any atom is 0.244 e. The van der Waals surface area contributed by atoms with Crippen LogP contribution in [0.3, 0.4) is 0 Å². The van der Waals surface area contributed by atoms with Crippen molar-refractivity contribution in [3.63, 3.8) is 0 Å². The first-order chi connectivity index (χ1) is 13.3. The molecule has 3 rings (SSSR count).